The van der Waals surface area contributed by atoms with Gasteiger partial charge in [-0.25, -0.2) is 9.97 Å². The number of nitrogens with zero attached hydrogens (tertiary/aromatic N) is 2. The van der Waals surface area contributed by atoms with Crippen LogP contribution in [0.5, 0.6) is 0 Å². The summed E-state index contributed by atoms with van der Waals surface area (Å²) in [5.41, 5.74) is 2.27. The Morgan fingerprint density at radius 1 is 1.53 bits per heavy atom. The van der Waals surface area contributed by atoms with Crippen LogP contribution >= 0.6 is 11.8 Å². The van der Waals surface area contributed by atoms with E-state index in [1.165, 1.54) is 5.56 Å². The van der Waals surface area contributed by atoms with Gasteiger partial charge in [-0.2, -0.15) is 11.8 Å². The van der Waals surface area contributed by atoms with Gasteiger partial charge in [0, 0.05) is 23.5 Å². The Balaban J connectivity index is 2.78. The van der Waals surface area contributed by atoms with Crippen LogP contribution in [0, 0.1) is 6.92 Å². The van der Waals surface area contributed by atoms with Gasteiger partial charge in [0.2, 0.25) is 0 Å². The maximum absolute atomic E-state index is 4.51. The van der Waals surface area contributed by atoms with Crippen LogP contribution in [0.2, 0.25) is 0 Å². The molecule has 84 valence electrons. The lowest BCUT2D eigenvalue weighted by Crippen LogP contribution is -2.15. The largest absolute Gasteiger partial charge is 0.313 e. The normalized spacial score (nSPS) is 12.8. The molecule has 0 spiro atoms. The van der Waals surface area contributed by atoms with E-state index in [-0.39, 0.29) is 0 Å². The fourth-order valence-corrected chi connectivity index (χ4v) is 1.89. The maximum atomic E-state index is 4.51. The van der Waals surface area contributed by atoms with Crippen molar-refractivity contribution in [1.29, 1.82) is 0 Å². The fraction of sp³-hybridized carbons (Fsp3) is 0.636. The van der Waals surface area contributed by atoms with E-state index in [0.29, 0.717) is 6.04 Å². The topological polar surface area (TPSA) is 37.8 Å². The van der Waals surface area contributed by atoms with E-state index in [9.17, 15) is 0 Å². The summed E-state index contributed by atoms with van der Waals surface area (Å²) in [6.45, 7) is 6.31. The number of hydrogen-bond donors (Lipinski definition) is 1. The number of aromatic nitrogens is 2. The summed E-state index contributed by atoms with van der Waals surface area (Å²) >= 11 is 1.85. The molecule has 0 saturated carbocycles. The Kier molecular flexibility index (Phi) is 5.05. The van der Waals surface area contributed by atoms with Crippen molar-refractivity contribution in [2.24, 2.45) is 0 Å². The molecule has 1 heterocycles. The summed E-state index contributed by atoms with van der Waals surface area (Å²) in [7, 11) is 1.95. The quantitative estimate of drug-likeness (QED) is 0.834. The van der Waals surface area contributed by atoms with E-state index in [2.05, 4.69) is 29.1 Å². The van der Waals surface area contributed by atoms with Crippen LogP contribution in [0.15, 0.2) is 6.20 Å². The van der Waals surface area contributed by atoms with Gasteiger partial charge >= 0.3 is 0 Å². The molecule has 3 nitrogen and oxygen atoms in total. The minimum Gasteiger partial charge on any atom is -0.313 e. The van der Waals surface area contributed by atoms with Crippen molar-refractivity contribution >= 4 is 11.8 Å². The van der Waals surface area contributed by atoms with Crippen molar-refractivity contribution in [1.82, 2.24) is 15.3 Å². The lowest BCUT2D eigenvalue weighted by Gasteiger charge is -2.13. The Labute approximate surface area is 96.1 Å². The predicted octanol–water partition coefficient (Wildman–Crippen LogP) is 2.32. The van der Waals surface area contributed by atoms with Crippen molar-refractivity contribution in [3.05, 3.63) is 23.3 Å². The Morgan fingerprint density at radius 2 is 2.27 bits per heavy atom. The molecule has 1 atom stereocenters. The number of nitrogens with one attached hydrogen (secondary N) is 1. The molecule has 0 aliphatic rings. The van der Waals surface area contributed by atoms with E-state index in [1.807, 2.05) is 31.9 Å². The summed E-state index contributed by atoms with van der Waals surface area (Å²) in [6, 6.07) is 0.317. The summed E-state index contributed by atoms with van der Waals surface area (Å²) in [5, 5.41) is 3.20. The second-order valence-electron chi connectivity index (χ2n) is 3.47. The number of rotatable bonds is 5. The van der Waals surface area contributed by atoms with Gasteiger partial charge in [0.15, 0.2) is 0 Å². The molecule has 0 aliphatic heterocycles. The highest BCUT2D eigenvalue weighted by atomic mass is 32.2. The first kappa shape index (κ1) is 12.5. The lowest BCUT2D eigenvalue weighted by atomic mass is 10.1. The van der Waals surface area contributed by atoms with Gasteiger partial charge in [-0.15, -0.1) is 0 Å². The molecule has 1 N–H and O–H groups in total. The van der Waals surface area contributed by atoms with Crippen LogP contribution in [-0.4, -0.2) is 22.8 Å². The minimum absolute atomic E-state index is 0.317. The van der Waals surface area contributed by atoms with Gasteiger partial charge in [-0.3, -0.25) is 0 Å². The Morgan fingerprint density at radius 3 is 2.80 bits per heavy atom. The van der Waals surface area contributed by atoms with Crippen molar-refractivity contribution < 1.29 is 0 Å². The van der Waals surface area contributed by atoms with E-state index < -0.39 is 0 Å². The lowest BCUT2D eigenvalue weighted by molar-refractivity contribution is 0.639. The van der Waals surface area contributed by atoms with Gasteiger partial charge in [0.25, 0.3) is 0 Å². The second kappa shape index (κ2) is 6.08. The van der Waals surface area contributed by atoms with Gasteiger partial charge in [-0.05, 0) is 26.6 Å². The van der Waals surface area contributed by atoms with Crippen LogP contribution < -0.4 is 5.32 Å². The average Bonchev–Trinajstić information content (AvgIpc) is 2.25. The first-order valence-electron chi connectivity index (χ1n) is 5.26. The highest BCUT2D eigenvalue weighted by Crippen LogP contribution is 2.15. The van der Waals surface area contributed by atoms with Crippen LogP contribution in [0.4, 0.5) is 0 Å². The van der Waals surface area contributed by atoms with E-state index >= 15 is 0 Å². The summed E-state index contributed by atoms with van der Waals surface area (Å²) in [5.74, 6) is 2.95. The van der Waals surface area contributed by atoms with Crippen LogP contribution in [0.3, 0.4) is 0 Å². The molecular weight excluding hydrogens is 206 g/mol. The summed E-state index contributed by atoms with van der Waals surface area (Å²) < 4.78 is 0. The minimum atomic E-state index is 0.317. The first-order valence-corrected chi connectivity index (χ1v) is 6.42. The third-order valence-electron chi connectivity index (χ3n) is 2.40. The summed E-state index contributed by atoms with van der Waals surface area (Å²) in [6.07, 6.45) is 1.94. The molecule has 0 saturated heterocycles. The van der Waals surface area contributed by atoms with Gasteiger partial charge in [0.05, 0.1) is 5.75 Å². The van der Waals surface area contributed by atoms with E-state index in [4.69, 9.17) is 0 Å². The van der Waals surface area contributed by atoms with Crippen LogP contribution in [-0.2, 0) is 5.75 Å². The van der Waals surface area contributed by atoms with Crippen molar-refractivity contribution in [2.45, 2.75) is 32.6 Å². The molecule has 0 aliphatic carbocycles. The molecule has 1 rings (SSSR count). The molecule has 0 fully saturated rings. The zero-order valence-electron chi connectivity index (χ0n) is 9.87. The van der Waals surface area contributed by atoms with Gasteiger partial charge in [0.1, 0.15) is 5.82 Å². The summed E-state index contributed by atoms with van der Waals surface area (Å²) in [4.78, 5) is 8.88. The van der Waals surface area contributed by atoms with Gasteiger partial charge in [-0.1, -0.05) is 6.92 Å². The molecule has 1 unspecified atom stereocenters. The van der Waals surface area contributed by atoms with E-state index in [0.717, 1.165) is 23.0 Å². The molecule has 4 heteroatoms. The fourth-order valence-electron chi connectivity index (χ4n) is 1.37. The SMILES string of the molecule is CCSCc1ncc(C(C)NC)c(C)n1. The smallest absolute Gasteiger partial charge is 0.138 e. The highest BCUT2D eigenvalue weighted by molar-refractivity contribution is 7.98. The van der Waals surface area contributed by atoms with Crippen molar-refractivity contribution in [3.63, 3.8) is 0 Å². The first-order chi connectivity index (χ1) is 7.19. The number of hydrogen-bond acceptors (Lipinski definition) is 4. The third-order valence-corrected chi connectivity index (χ3v) is 3.27. The van der Waals surface area contributed by atoms with Crippen LogP contribution in [0.25, 0.3) is 0 Å². The molecule has 0 bridgehead atoms. The Hall–Kier alpha value is -0.610. The van der Waals surface area contributed by atoms with Crippen molar-refractivity contribution in [2.75, 3.05) is 12.8 Å². The zero-order valence-corrected chi connectivity index (χ0v) is 10.7. The molecule has 0 amide bonds. The second-order valence-corrected chi connectivity index (χ2v) is 4.75. The molecule has 0 aromatic carbocycles. The molecular formula is C11H19N3S. The molecule has 1 aromatic rings. The molecule has 1 aromatic heterocycles. The average molecular weight is 225 g/mol. The number of aryl methyl sites for hydroxylation is 1. The monoisotopic (exact) mass is 225 g/mol. The maximum Gasteiger partial charge on any atom is 0.138 e. The highest BCUT2D eigenvalue weighted by Gasteiger charge is 2.08. The number of thioether (sulfide) groups is 1. The zero-order chi connectivity index (χ0) is 11.3. The Bertz CT molecular complexity index is 315. The molecule has 15 heavy (non-hydrogen) atoms. The standard InChI is InChI=1S/C11H19N3S/c1-5-15-7-11-13-6-10(8(2)12-4)9(3)14-11/h6,8,12H,5,7H2,1-4H3. The molecule has 0 radical (unpaired) electrons. The van der Waals surface area contributed by atoms with Crippen LogP contribution in [0.1, 0.15) is 37.0 Å². The van der Waals surface area contributed by atoms with Crippen molar-refractivity contribution in [3.8, 4) is 0 Å². The third kappa shape index (κ3) is 3.47. The predicted molar refractivity (Wildman–Crippen MR) is 66.1 cm³/mol. The van der Waals surface area contributed by atoms with Gasteiger partial charge < -0.3 is 5.32 Å². The van der Waals surface area contributed by atoms with E-state index in [1.54, 1.807) is 0 Å².